The van der Waals surface area contributed by atoms with Crippen molar-refractivity contribution in [2.24, 2.45) is 10.2 Å². The Kier molecular flexibility index (Phi) is 11.8. The molecule has 0 bridgehead atoms. The molecular formula is C12H12Cl3N2Te. The van der Waals surface area contributed by atoms with Gasteiger partial charge in [-0.1, -0.05) is 0 Å². The van der Waals surface area contributed by atoms with E-state index < -0.39 is 0 Å². The van der Waals surface area contributed by atoms with Crippen LogP contribution in [0.1, 0.15) is 0 Å². The Labute approximate surface area is 138 Å². The van der Waals surface area contributed by atoms with Crippen molar-refractivity contribution >= 4 is 74.5 Å². The third-order valence-electron chi connectivity index (χ3n) is 1.89. The van der Waals surface area contributed by atoms with Gasteiger partial charge >= 0.3 is 102 Å². The van der Waals surface area contributed by atoms with Gasteiger partial charge in [-0.2, -0.15) is 0 Å². The van der Waals surface area contributed by atoms with E-state index in [-0.39, 0.29) is 37.2 Å². The summed E-state index contributed by atoms with van der Waals surface area (Å²) in [5, 5.41) is 8.37. The van der Waals surface area contributed by atoms with Crippen LogP contribution in [0.4, 0.5) is 11.4 Å². The summed E-state index contributed by atoms with van der Waals surface area (Å²) in [6.45, 7) is 0. The van der Waals surface area contributed by atoms with Crippen LogP contribution in [0.2, 0.25) is 0 Å². The van der Waals surface area contributed by atoms with Gasteiger partial charge in [0.15, 0.2) is 0 Å². The Morgan fingerprint density at radius 2 is 1.22 bits per heavy atom. The first-order valence-electron chi connectivity index (χ1n) is 4.59. The summed E-state index contributed by atoms with van der Waals surface area (Å²) in [5.41, 5.74) is 1.80. The molecule has 0 saturated carbocycles. The van der Waals surface area contributed by atoms with E-state index >= 15 is 0 Å². The predicted molar refractivity (Wildman–Crippen MR) is 84.2 cm³/mol. The second kappa shape index (κ2) is 10.6. The summed E-state index contributed by atoms with van der Waals surface area (Å²) in [4.78, 5) is 0. The maximum atomic E-state index is 4.20. The summed E-state index contributed by atoms with van der Waals surface area (Å²) in [5.74, 6) is 0. The Morgan fingerprint density at radius 3 is 1.83 bits per heavy atom. The van der Waals surface area contributed by atoms with Crippen LogP contribution in [-0.2, 0) is 0 Å². The molecule has 2 nitrogen and oxygen atoms in total. The van der Waals surface area contributed by atoms with Crippen LogP contribution in [0.15, 0.2) is 64.8 Å². The first-order chi connectivity index (χ1) is 7.36. The molecule has 1 radical (unpaired) electrons. The van der Waals surface area contributed by atoms with Crippen LogP contribution in [0.3, 0.4) is 0 Å². The molecule has 18 heavy (non-hydrogen) atoms. The topological polar surface area (TPSA) is 24.7 Å². The van der Waals surface area contributed by atoms with E-state index in [0.717, 1.165) is 15.0 Å². The van der Waals surface area contributed by atoms with E-state index in [1.807, 2.05) is 76.9 Å². The molecular weight excluding hydrogens is 406 g/mol. The predicted octanol–water partition coefficient (Wildman–Crippen LogP) is 4.16. The van der Waals surface area contributed by atoms with Crippen LogP contribution < -0.4 is 3.61 Å². The fourth-order valence-corrected chi connectivity index (χ4v) is 1.68. The van der Waals surface area contributed by atoms with Gasteiger partial charge in [-0.05, 0) is 0 Å². The van der Waals surface area contributed by atoms with Crippen molar-refractivity contribution in [3.8, 4) is 0 Å². The average Bonchev–Trinajstić information content (AvgIpc) is 2.29. The van der Waals surface area contributed by atoms with E-state index in [9.17, 15) is 0 Å². The molecule has 0 unspecified atom stereocenters. The van der Waals surface area contributed by atoms with Gasteiger partial charge in [0.2, 0.25) is 0 Å². The SMILES string of the molecule is Cl.Cl.Cl.[Te]c1ccccc1N=Nc1ccccc1. The zero-order valence-corrected chi connectivity index (χ0v) is 14.0. The quantitative estimate of drug-likeness (QED) is 0.517. The molecule has 6 heteroatoms. The fourth-order valence-electron chi connectivity index (χ4n) is 1.15. The molecule has 0 spiro atoms. The van der Waals surface area contributed by atoms with E-state index in [1.54, 1.807) is 0 Å². The number of benzene rings is 2. The molecule has 2 aromatic rings. The number of halogens is 3. The van der Waals surface area contributed by atoms with Crippen molar-refractivity contribution in [1.82, 2.24) is 0 Å². The van der Waals surface area contributed by atoms with Crippen molar-refractivity contribution in [2.75, 3.05) is 0 Å². The molecule has 0 saturated heterocycles. The summed E-state index contributed by atoms with van der Waals surface area (Å²) in [6, 6.07) is 17.7. The molecule has 0 aliphatic rings. The molecule has 97 valence electrons. The number of azo groups is 1. The summed E-state index contributed by atoms with van der Waals surface area (Å²) >= 11 is 1.95. The van der Waals surface area contributed by atoms with Crippen LogP contribution in [0.25, 0.3) is 0 Å². The summed E-state index contributed by atoms with van der Waals surface area (Å²) < 4.78 is 1.15. The van der Waals surface area contributed by atoms with Crippen LogP contribution >= 0.6 is 37.2 Å². The normalized spacial score (nSPS) is 8.89. The van der Waals surface area contributed by atoms with Gasteiger partial charge < -0.3 is 0 Å². The fraction of sp³-hybridized carbons (Fsp3) is 0. The summed E-state index contributed by atoms with van der Waals surface area (Å²) in [6.07, 6.45) is 0. The molecule has 0 aliphatic heterocycles. The average molecular weight is 418 g/mol. The molecule has 2 aromatic carbocycles. The number of rotatable bonds is 2. The number of hydrogen-bond donors (Lipinski definition) is 0. The van der Waals surface area contributed by atoms with Gasteiger partial charge in [-0.3, -0.25) is 0 Å². The Hall–Kier alpha value is -0.300. The molecule has 0 fully saturated rings. The second-order valence-corrected chi connectivity index (χ2v) is 4.26. The van der Waals surface area contributed by atoms with Crippen LogP contribution in [0, 0.1) is 0 Å². The third kappa shape index (κ3) is 6.04. The van der Waals surface area contributed by atoms with Gasteiger partial charge in [-0.15, -0.1) is 37.2 Å². The zero-order chi connectivity index (χ0) is 10.5. The Morgan fingerprint density at radius 1 is 0.667 bits per heavy atom. The Balaban J connectivity index is 0. The first-order valence-corrected chi connectivity index (χ1v) is 5.75. The van der Waals surface area contributed by atoms with Crippen molar-refractivity contribution in [2.45, 2.75) is 0 Å². The first kappa shape index (κ1) is 20.0. The molecule has 0 amide bonds. The van der Waals surface area contributed by atoms with E-state index in [2.05, 4.69) is 10.2 Å². The van der Waals surface area contributed by atoms with Gasteiger partial charge in [-0.25, -0.2) is 0 Å². The van der Waals surface area contributed by atoms with Crippen molar-refractivity contribution in [3.05, 3.63) is 54.6 Å². The van der Waals surface area contributed by atoms with Gasteiger partial charge in [0.25, 0.3) is 0 Å². The number of hydrogen-bond acceptors (Lipinski definition) is 2. The van der Waals surface area contributed by atoms with Crippen LogP contribution in [0.5, 0.6) is 0 Å². The molecule has 0 aliphatic carbocycles. The maximum absolute atomic E-state index is 4.20. The van der Waals surface area contributed by atoms with Crippen molar-refractivity contribution in [3.63, 3.8) is 0 Å². The van der Waals surface area contributed by atoms with E-state index in [1.165, 1.54) is 0 Å². The third-order valence-corrected chi connectivity index (χ3v) is 2.88. The van der Waals surface area contributed by atoms with Gasteiger partial charge in [0.05, 0.1) is 0 Å². The molecule has 0 heterocycles. The standard InChI is InChI=1S/C12H9N2Te.3ClH/c15-12-9-5-4-8-11(12)14-13-10-6-2-1-3-7-10;;;/h1-9H;3*1H. The molecule has 0 N–H and O–H groups in total. The minimum absolute atomic E-state index is 0. The van der Waals surface area contributed by atoms with Crippen molar-refractivity contribution < 1.29 is 0 Å². The summed E-state index contributed by atoms with van der Waals surface area (Å²) in [7, 11) is 0. The molecule has 2 rings (SSSR count). The van der Waals surface area contributed by atoms with Crippen LogP contribution in [-0.4, -0.2) is 22.3 Å². The zero-order valence-electron chi connectivity index (χ0n) is 9.22. The molecule has 0 aromatic heterocycles. The molecule has 0 atom stereocenters. The van der Waals surface area contributed by atoms with E-state index in [4.69, 9.17) is 0 Å². The van der Waals surface area contributed by atoms with E-state index in [0.29, 0.717) is 0 Å². The van der Waals surface area contributed by atoms with Gasteiger partial charge in [0.1, 0.15) is 0 Å². The van der Waals surface area contributed by atoms with Gasteiger partial charge in [0, 0.05) is 0 Å². The second-order valence-electron chi connectivity index (χ2n) is 3.00. The monoisotopic (exact) mass is 419 g/mol. The van der Waals surface area contributed by atoms with Crippen molar-refractivity contribution in [1.29, 1.82) is 0 Å². The Bertz CT molecular complexity index is 478. The number of nitrogens with zero attached hydrogens (tertiary/aromatic N) is 2. The minimum atomic E-state index is 0.